The average molecular weight is 467 g/mol. The topological polar surface area (TPSA) is 75.0 Å². The van der Waals surface area contributed by atoms with Crippen molar-refractivity contribution in [1.29, 1.82) is 0 Å². The normalized spacial score (nSPS) is 16.1. The highest BCUT2D eigenvalue weighted by Gasteiger charge is 2.32. The number of carbonyl (C=O) groups excluding carboxylic acids is 1. The first kappa shape index (κ1) is 19.0. The van der Waals surface area contributed by atoms with Gasteiger partial charge in [0.05, 0.1) is 15.4 Å². The van der Waals surface area contributed by atoms with Gasteiger partial charge in [0.15, 0.2) is 4.96 Å². The summed E-state index contributed by atoms with van der Waals surface area (Å²) in [6.07, 6.45) is 1.94. The van der Waals surface area contributed by atoms with Crippen LogP contribution in [0.5, 0.6) is 0 Å². The van der Waals surface area contributed by atoms with Gasteiger partial charge in [-0.25, -0.2) is 13.4 Å². The Hall–Kier alpha value is -1.98. The van der Waals surface area contributed by atoms with E-state index < -0.39 is 10.0 Å². The molecule has 4 aromatic rings. The zero-order valence-corrected chi connectivity index (χ0v) is 18.2. The van der Waals surface area contributed by atoms with E-state index in [-0.39, 0.29) is 28.9 Å². The second-order valence-corrected chi connectivity index (χ2v) is 10.8. The summed E-state index contributed by atoms with van der Waals surface area (Å²) in [6, 6.07) is 8.27. The quantitative estimate of drug-likeness (QED) is 0.463. The lowest BCUT2D eigenvalue weighted by atomic mass is 10.3. The average Bonchev–Trinajstić information content (AvgIpc) is 3.40. The van der Waals surface area contributed by atoms with Crippen LogP contribution in [0.4, 0.5) is 0 Å². The summed E-state index contributed by atoms with van der Waals surface area (Å²) >= 11 is 8.99. The molecule has 7 nitrogen and oxygen atoms in total. The summed E-state index contributed by atoms with van der Waals surface area (Å²) in [5, 5.41) is 2.16. The van der Waals surface area contributed by atoms with Gasteiger partial charge in [-0.3, -0.25) is 9.20 Å². The lowest BCUT2D eigenvalue weighted by Crippen LogP contribution is -2.50. The van der Waals surface area contributed by atoms with Gasteiger partial charge in [0.2, 0.25) is 10.0 Å². The number of thiazole rings is 1. The van der Waals surface area contributed by atoms with Crippen molar-refractivity contribution in [2.75, 3.05) is 26.2 Å². The SMILES string of the molecule is O=C(c1cc2c(nc3sccn32)s1)N1CCN(S(=O)(=O)c2ccccc2Cl)CC1. The van der Waals surface area contributed by atoms with Crippen LogP contribution in [0.25, 0.3) is 15.3 Å². The van der Waals surface area contributed by atoms with Gasteiger partial charge in [0, 0.05) is 37.8 Å². The number of sulfonamides is 1. The molecular weight excluding hydrogens is 452 g/mol. The van der Waals surface area contributed by atoms with Gasteiger partial charge < -0.3 is 4.90 Å². The molecule has 150 valence electrons. The molecule has 0 spiro atoms. The number of thiophene rings is 1. The summed E-state index contributed by atoms with van der Waals surface area (Å²) in [5.74, 6) is -0.0910. The van der Waals surface area contributed by atoms with Crippen molar-refractivity contribution >= 4 is 65.5 Å². The molecule has 3 aromatic heterocycles. The Kier molecular flexibility index (Phi) is 4.63. The molecule has 0 aliphatic carbocycles. The number of halogens is 1. The lowest BCUT2D eigenvalue weighted by molar-refractivity contribution is 0.0703. The van der Waals surface area contributed by atoms with Crippen molar-refractivity contribution in [3.63, 3.8) is 0 Å². The molecule has 0 radical (unpaired) electrons. The van der Waals surface area contributed by atoms with E-state index in [1.165, 1.54) is 21.7 Å². The van der Waals surface area contributed by atoms with Crippen LogP contribution < -0.4 is 0 Å². The molecule has 0 bridgehead atoms. The molecular formula is C18H15ClN4O3S3. The van der Waals surface area contributed by atoms with Crippen LogP contribution >= 0.6 is 34.3 Å². The molecule has 1 fully saturated rings. The van der Waals surface area contributed by atoms with Crippen LogP contribution in [-0.4, -0.2) is 59.1 Å². The first-order chi connectivity index (χ1) is 13.9. The largest absolute Gasteiger partial charge is 0.335 e. The van der Waals surface area contributed by atoms with Crippen LogP contribution in [0.2, 0.25) is 5.02 Å². The van der Waals surface area contributed by atoms with Crippen LogP contribution in [0.1, 0.15) is 9.67 Å². The fourth-order valence-electron chi connectivity index (χ4n) is 3.43. The van der Waals surface area contributed by atoms with Gasteiger partial charge in [-0.2, -0.15) is 4.31 Å². The fraction of sp³-hybridized carbons (Fsp3) is 0.222. The zero-order chi connectivity index (χ0) is 20.2. The van der Waals surface area contributed by atoms with E-state index in [4.69, 9.17) is 11.6 Å². The van der Waals surface area contributed by atoms with E-state index in [1.807, 2.05) is 22.0 Å². The van der Waals surface area contributed by atoms with Crippen LogP contribution in [-0.2, 0) is 10.0 Å². The molecule has 1 saturated heterocycles. The molecule has 1 aliphatic rings. The van der Waals surface area contributed by atoms with E-state index in [9.17, 15) is 13.2 Å². The van der Waals surface area contributed by atoms with E-state index >= 15 is 0 Å². The molecule has 4 heterocycles. The zero-order valence-electron chi connectivity index (χ0n) is 15.0. The van der Waals surface area contributed by atoms with E-state index in [2.05, 4.69) is 4.98 Å². The third kappa shape index (κ3) is 3.15. The van der Waals surface area contributed by atoms with Crippen LogP contribution in [0, 0.1) is 0 Å². The van der Waals surface area contributed by atoms with Gasteiger partial charge in [-0.15, -0.1) is 22.7 Å². The maximum atomic E-state index is 12.9. The van der Waals surface area contributed by atoms with E-state index in [0.717, 1.165) is 15.3 Å². The number of aromatic nitrogens is 2. The third-order valence-corrected chi connectivity index (χ3v) is 9.09. The van der Waals surface area contributed by atoms with Crippen molar-refractivity contribution in [3.05, 3.63) is 51.8 Å². The number of fused-ring (bicyclic) bond motifs is 3. The minimum absolute atomic E-state index is 0.0910. The fourth-order valence-corrected chi connectivity index (χ4v) is 7.12. The van der Waals surface area contributed by atoms with Crippen LogP contribution in [0.15, 0.2) is 46.8 Å². The Morgan fingerprint density at radius 2 is 1.90 bits per heavy atom. The number of rotatable bonds is 3. The first-order valence-corrected chi connectivity index (χ1v) is 12.4. The summed E-state index contributed by atoms with van der Waals surface area (Å²) in [6.45, 7) is 1.13. The van der Waals surface area contributed by atoms with Crippen molar-refractivity contribution in [1.82, 2.24) is 18.6 Å². The molecule has 11 heteroatoms. The number of nitrogens with zero attached hydrogens (tertiary/aromatic N) is 4. The molecule has 1 aromatic carbocycles. The van der Waals surface area contributed by atoms with Gasteiger partial charge >= 0.3 is 0 Å². The molecule has 1 amide bonds. The predicted octanol–water partition coefficient (Wildman–Crippen LogP) is 3.41. The van der Waals surface area contributed by atoms with Crippen molar-refractivity contribution < 1.29 is 13.2 Å². The second-order valence-electron chi connectivity index (χ2n) is 6.60. The highest BCUT2D eigenvalue weighted by Crippen LogP contribution is 2.30. The van der Waals surface area contributed by atoms with Gasteiger partial charge in [-0.05, 0) is 18.2 Å². The van der Waals surface area contributed by atoms with Gasteiger partial charge in [0.25, 0.3) is 5.91 Å². The predicted molar refractivity (Wildman–Crippen MR) is 115 cm³/mol. The van der Waals surface area contributed by atoms with Crippen molar-refractivity contribution in [2.24, 2.45) is 0 Å². The molecule has 1 aliphatic heterocycles. The monoisotopic (exact) mass is 466 g/mol. The number of benzene rings is 1. The minimum Gasteiger partial charge on any atom is -0.335 e. The Labute approximate surface area is 179 Å². The minimum atomic E-state index is -3.68. The molecule has 29 heavy (non-hydrogen) atoms. The van der Waals surface area contributed by atoms with Crippen molar-refractivity contribution in [2.45, 2.75) is 4.90 Å². The number of hydrogen-bond acceptors (Lipinski definition) is 6. The first-order valence-electron chi connectivity index (χ1n) is 8.84. The lowest BCUT2D eigenvalue weighted by Gasteiger charge is -2.33. The Morgan fingerprint density at radius 3 is 2.66 bits per heavy atom. The number of hydrogen-bond donors (Lipinski definition) is 0. The van der Waals surface area contributed by atoms with E-state index in [0.29, 0.717) is 18.0 Å². The Balaban J connectivity index is 1.33. The summed E-state index contributed by atoms with van der Waals surface area (Å²) in [7, 11) is -3.68. The third-order valence-electron chi connectivity index (χ3n) is 4.93. The van der Waals surface area contributed by atoms with Gasteiger partial charge in [-0.1, -0.05) is 23.7 Å². The molecule has 0 unspecified atom stereocenters. The standard InChI is InChI=1S/C18H15ClN4O3S3/c19-12-3-1-2-4-15(12)29(25,26)22-7-5-21(6-8-22)17(24)14-11-13-16(28-14)20-18-23(13)9-10-27-18/h1-4,9-11H,5-8H2. The number of piperazine rings is 1. The number of carbonyl (C=O) groups is 1. The maximum Gasteiger partial charge on any atom is 0.264 e. The van der Waals surface area contributed by atoms with E-state index in [1.54, 1.807) is 34.4 Å². The number of imidazole rings is 1. The summed E-state index contributed by atoms with van der Waals surface area (Å²) in [4.78, 5) is 21.6. The highest BCUT2D eigenvalue weighted by molar-refractivity contribution is 7.89. The summed E-state index contributed by atoms with van der Waals surface area (Å²) in [5.41, 5.74) is 0.925. The highest BCUT2D eigenvalue weighted by atomic mass is 35.5. The molecule has 0 atom stereocenters. The molecule has 5 rings (SSSR count). The smallest absolute Gasteiger partial charge is 0.264 e. The number of amides is 1. The van der Waals surface area contributed by atoms with Gasteiger partial charge in [0.1, 0.15) is 9.73 Å². The van der Waals surface area contributed by atoms with Crippen molar-refractivity contribution in [3.8, 4) is 0 Å². The Bertz CT molecular complexity index is 1330. The van der Waals surface area contributed by atoms with Crippen LogP contribution in [0.3, 0.4) is 0 Å². The second kappa shape index (κ2) is 7.06. The molecule has 0 saturated carbocycles. The molecule has 0 N–H and O–H groups in total. The summed E-state index contributed by atoms with van der Waals surface area (Å²) < 4.78 is 29.1. The maximum absolute atomic E-state index is 12.9. The Morgan fingerprint density at radius 1 is 1.14 bits per heavy atom.